The van der Waals surface area contributed by atoms with Crippen LogP contribution in [-0.2, 0) is 0 Å². The quantitative estimate of drug-likeness (QED) is 0.802. The molecule has 0 heterocycles. The summed E-state index contributed by atoms with van der Waals surface area (Å²) in [5, 5.41) is 0. The minimum atomic E-state index is 0.0683. The average molecular weight is 207 g/mol. The van der Waals surface area contributed by atoms with Gasteiger partial charge in [0.25, 0.3) is 0 Å². The highest BCUT2D eigenvalue weighted by Crippen LogP contribution is 2.35. The van der Waals surface area contributed by atoms with Gasteiger partial charge in [-0.2, -0.15) is 0 Å². The molecule has 0 bridgehead atoms. The van der Waals surface area contributed by atoms with Crippen LogP contribution in [0.3, 0.4) is 0 Å². The van der Waals surface area contributed by atoms with E-state index >= 15 is 0 Å². The molecule has 3 heteroatoms. The van der Waals surface area contributed by atoms with E-state index in [-0.39, 0.29) is 5.54 Å². The molecule has 1 saturated carbocycles. The minimum absolute atomic E-state index is 0.0683. The van der Waals surface area contributed by atoms with Crippen molar-refractivity contribution in [3.63, 3.8) is 0 Å². The van der Waals surface area contributed by atoms with Crippen molar-refractivity contribution in [1.29, 1.82) is 0 Å². The predicted octanol–water partition coefficient (Wildman–Crippen LogP) is 1.96. The molecule has 3 nitrogen and oxygen atoms in total. The number of hydrogen-bond donors (Lipinski definition) is 1. The van der Waals surface area contributed by atoms with Gasteiger partial charge in [-0.15, -0.1) is 0 Å². The molecular weight excluding hydrogens is 190 g/mol. The molecule has 1 aliphatic rings. The standard InChI is InChI=1S/C12H17NO2/c1-14-10-3-2-4-11(9-10)15-8-7-12(13)5-6-12/h2-4,9H,5-8,13H2,1H3. The topological polar surface area (TPSA) is 44.5 Å². The Kier molecular flexibility index (Phi) is 2.82. The van der Waals surface area contributed by atoms with E-state index in [0.717, 1.165) is 30.8 Å². The Morgan fingerprint density at radius 2 is 2.07 bits per heavy atom. The van der Waals surface area contributed by atoms with Crippen LogP contribution in [0.4, 0.5) is 0 Å². The fourth-order valence-corrected chi connectivity index (χ4v) is 1.47. The maximum Gasteiger partial charge on any atom is 0.122 e. The van der Waals surface area contributed by atoms with E-state index in [9.17, 15) is 0 Å². The molecule has 1 aliphatic carbocycles. The van der Waals surface area contributed by atoms with Gasteiger partial charge in [0.2, 0.25) is 0 Å². The van der Waals surface area contributed by atoms with Crippen LogP contribution >= 0.6 is 0 Å². The number of ether oxygens (including phenoxy) is 2. The molecule has 0 atom stereocenters. The maximum absolute atomic E-state index is 5.96. The maximum atomic E-state index is 5.96. The smallest absolute Gasteiger partial charge is 0.122 e. The van der Waals surface area contributed by atoms with Crippen LogP contribution in [0.2, 0.25) is 0 Å². The van der Waals surface area contributed by atoms with E-state index in [1.165, 1.54) is 0 Å². The SMILES string of the molecule is COc1cccc(OCCC2(N)CC2)c1. The zero-order chi connectivity index (χ0) is 10.7. The Hall–Kier alpha value is -1.22. The number of methoxy groups -OCH3 is 1. The van der Waals surface area contributed by atoms with E-state index < -0.39 is 0 Å². The Morgan fingerprint density at radius 3 is 2.73 bits per heavy atom. The van der Waals surface area contributed by atoms with Crippen molar-refractivity contribution in [3.8, 4) is 11.5 Å². The van der Waals surface area contributed by atoms with Crippen LogP contribution in [-0.4, -0.2) is 19.3 Å². The molecule has 1 fully saturated rings. The van der Waals surface area contributed by atoms with Crippen LogP contribution in [0.1, 0.15) is 19.3 Å². The van der Waals surface area contributed by atoms with Crippen molar-refractivity contribution in [3.05, 3.63) is 24.3 Å². The van der Waals surface area contributed by atoms with Crippen LogP contribution in [0, 0.1) is 0 Å². The first-order valence-electron chi connectivity index (χ1n) is 5.28. The lowest BCUT2D eigenvalue weighted by Gasteiger charge is -2.10. The normalized spacial score (nSPS) is 17.2. The first-order chi connectivity index (χ1) is 7.22. The zero-order valence-corrected chi connectivity index (χ0v) is 9.03. The van der Waals surface area contributed by atoms with E-state index in [1.54, 1.807) is 7.11 Å². The number of hydrogen-bond acceptors (Lipinski definition) is 3. The van der Waals surface area contributed by atoms with E-state index in [1.807, 2.05) is 24.3 Å². The van der Waals surface area contributed by atoms with Crippen LogP contribution in [0.5, 0.6) is 11.5 Å². The Balaban J connectivity index is 1.82. The molecule has 0 amide bonds. The van der Waals surface area contributed by atoms with Gasteiger partial charge in [0.1, 0.15) is 11.5 Å². The van der Waals surface area contributed by atoms with E-state index in [2.05, 4.69) is 0 Å². The Bertz CT molecular complexity index is 334. The first kappa shape index (κ1) is 10.3. The Morgan fingerprint density at radius 1 is 1.33 bits per heavy atom. The van der Waals surface area contributed by atoms with Gasteiger partial charge in [0, 0.05) is 11.6 Å². The van der Waals surface area contributed by atoms with Gasteiger partial charge in [-0.3, -0.25) is 0 Å². The fourth-order valence-electron chi connectivity index (χ4n) is 1.47. The van der Waals surface area contributed by atoms with Crippen molar-refractivity contribution in [1.82, 2.24) is 0 Å². The highest BCUT2D eigenvalue weighted by molar-refractivity contribution is 5.32. The zero-order valence-electron chi connectivity index (χ0n) is 9.03. The molecule has 0 radical (unpaired) electrons. The molecule has 1 aromatic rings. The molecule has 0 aromatic heterocycles. The molecular formula is C12H17NO2. The van der Waals surface area contributed by atoms with Gasteiger partial charge in [0.05, 0.1) is 13.7 Å². The van der Waals surface area contributed by atoms with Gasteiger partial charge in [-0.25, -0.2) is 0 Å². The molecule has 0 aliphatic heterocycles. The van der Waals surface area contributed by atoms with Crippen molar-refractivity contribution in [2.24, 2.45) is 5.73 Å². The van der Waals surface area contributed by atoms with Gasteiger partial charge in [-0.05, 0) is 31.4 Å². The van der Waals surface area contributed by atoms with Crippen molar-refractivity contribution in [2.75, 3.05) is 13.7 Å². The third-order valence-electron chi connectivity index (χ3n) is 2.80. The highest BCUT2D eigenvalue weighted by Gasteiger charge is 2.37. The second-order valence-corrected chi connectivity index (χ2v) is 4.14. The molecule has 15 heavy (non-hydrogen) atoms. The molecule has 2 N–H and O–H groups in total. The molecule has 0 saturated heterocycles. The van der Waals surface area contributed by atoms with Gasteiger partial charge >= 0.3 is 0 Å². The van der Waals surface area contributed by atoms with Crippen molar-refractivity contribution in [2.45, 2.75) is 24.8 Å². The largest absolute Gasteiger partial charge is 0.497 e. The summed E-state index contributed by atoms with van der Waals surface area (Å²) >= 11 is 0. The molecule has 0 spiro atoms. The van der Waals surface area contributed by atoms with Crippen molar-refractivity contribution < 1.29 is 9.47 Å². The van der Waals surface area contributed by atoms with Crippen LogP contribution < -0.4 is 15.2 Å². The van der Waals surface area contributed by atoms with Crippen LogP contribution in [0.25, 0.3) is 0 Å². The summed E-state index contributed by atoms with van der Waals surface area (Å²) in [5.74, 6) is 1.67. The summed E-state index contributed by atoms with van der Waals surface area (Å²) in [6.45, 7) is 0.684. The molecule has 2 rings (SSSR count). The van der Waals surface area contributed by atoms with Crippen LogP contribution in [0.15, 0.2) is 24.3 Å². The summed E-state index contributed by atoms with van der Waals surface area (Å²) < 4.78 is 10.7. The third kappa shape index (κ3) is 2.86. The second kappa shape index (κ2) is 4.11. The lowest BCUT2D eigenvalue weighted by atomic mass is 10.2. The molecule has 1 aromatic carbocycles. The first-order valence-corrected chi connectivity index (χ1v) is 5.28. The van der Waals surface area contributed by atoms with E-state index in [0.29, 0.717) is 6.61 Å². The fraction of sp³-hybridized carbons (Fsp3) is 0.500. The second-order valence-electron chi connectivity index (χ2n) is 4.14. The summed E-state index contributed by atoms with van der Waals surface area (Å²) in [5.41, 5.74) is 6.03. The van der Waals surface area contributed by atoms with Gasteiger partial charge < -0.3 is 15.2 Å². The number of benzene rings is 1. The number of rotatable bonds is 5. The van der Waals surface area contributed by atoms with Gasteiger partial charge in [0.15, 0.2) is 0 Å². The lowest BCUT2D eigenvalue weighted by Crippen LogP contribution is -2.24. The predicted molar refractivity (Wildman–Crippen MR) is 59.3 cm³/mol. The third-order valence-corrected chi connectivity index (χ3v) is 2.80. The molecule has 82 valence electrons. The van der Waals surface area contributed by atoms with E-state index in [4.69, 9.17) is 15.2 Å². The monoisotopic (exact) mass is 207 g/mol. The molecule has 0 unspecified atom stereocenters. The summed E-state index contributed by atoms with van der Waals surface area (Å²) in [6.07, 6.45) is 3.20. The summed E-state index contributed by atoms with van der Waals surface area (Å²) in [6, 6.07) is 7.64. The van der Waals surface area contributed by atoms with Crippen molar-refractivity contribution >= 4 is 0 Å². The number of nitrogens with two attached hydrogens (primary N) is 1. The minimum Gasteiger partial charge on any atom is -0.497 e. The summed E-state index contributed by atoms with van der Waals surface area (Å²) in [7, 11) is 1.65. The van der Waals surface area contributed by atoms with Gasteiger partial charge in [-0.1, -0.05) is 6.07 Å². The summed E-state index contributed by atoms with van der Waals surface area (Å²) in [4.78, 5) is 0. The lowest BCUT2D eigenvalue weighted by molar-refractivity contribution is 0.291. The average Bonchev–Trinajstić information content (AvgIpc) is 2.97. The highest BCUT2D eigenvalue weighted by atomic mass is 16.5. The Labute approximate surface area is 90.2 Å².